The fourth-order valence-electron chi connectivity index (χ4n) is 2.55. The molecule has 0 aliphatic carbocycles. The number of anilines is 1. The van der Waals surface area contributed by atoms with Gasteiger partial charge in [0.25, 0.3) is 5.91 Å². The number of furan rings is 1. The van der Waals surface area contributed by atoms with Gasteiger partial charge in [-0.05, 0) is 44.0 Å². The Balaban J connectivity index is 2.05. The summed E-state index contributed by atoms with van der Waals surface area (Å²) in [6.07, 6.45) is 1.50. The summed E-state index contributed by atoms with van der Waals surface area (Å²) in [4.78, 5) is 16.4. The smallest absolute Gasteiger partial charge is 0.292 e. The van der Waals surface area contributed by atoms with Gasteiger partial charge in [-0.1, -0.05) is 12.1 Å². The number of nitrogens with one attached hydrogen (secondary N) is 1. The normalized spacial score (nSPS) is 10.9. The van der Waals surface area contributed by atoms with Crippen LogP contribution in [-0.4, -0.2) is 16.0 Å². The Morgan fingerprint density at radius 1 is 1.18 bits per heavy atom. The van der Waals surface area contributed by atoms with Crippen molar-refractivity contribution < 1.29 is 14.3 Å². The van der Waals surface area contributed by atoms with Crippen molar-refractivity contribution in [2.24, 2.45) is 0 Å². The quantitative estimate of drug-likeness (QED) is 0.756. The van der Waals surface area contributed by atoms with Crippen LogP contribution in [0.3, 0.4) is 0 Å². The fraction of sp³-hybridized carbons (Fsp3) is 0.176. The number of aromatic hydroxyl groups is 1. The van der Waals surface area contributed by atoms with E-state index < -0.39 is 5.91 Å². The van der Waals surface area contributed by atoms with Crippen molar-refractivity contribution in [2.75, 3.05) is 5.32 Å². The molecular weight excluding hydrogens is 280 g/mol. The van der Waals surface area contributed by atoms with Gasteiger partial charge in [-0.15, -0.1) is 0 Å². The van der Waals surface area contributed by atoms with E-state index in [0.717, 1.165) is 22.1 Å². The molecule has 0 bridgehead atoms. The molecule has 0 aliphatic rings. The Morgan fingerprint density at radius 2 is 1.91 bits per heavy atom. The van der Waals surface area contributed by atoms with Crippen molar-refractivity contribution in [3.63, 3.8) is 0 Å². The number of nitrogens with zero attached hydrogens (tertiary/aromatic N) is 1. The Bertz CT molecular complexity index is 881. The Kier molecular flexibility index (Phi) is 3.33. The second-order valence-electron chi connectivity index (χ2n) is 5.28. The molecule has 0 fully saturated rings. The highest BCUT2D eigenvalue weighted by Crippen LogP contribution is 2.31. The fourth-order valence-corrected chi connectivity index (χ4v) is 2.55. The first-order valence-electron chi connectivity index (χ1n) is 6.93. The summed E-state index contributed by atoms with van der Waals surface area (Å²) in [5.74, 6) is -0.170. The molecule has 112 valence electrons. The predicted molar refractivity (Wildman–Crippen MR) is 84.3 cm³/mol. The third kappa shape index (κ3) is 2.20. The third-order valence-electron chi connectivity index (χ3n) is 3.71. The molecule has 2 N–H and O–H groups in total. The molecule has 3 aromatic rings. The second kappa shape index (κ2) is 5.18. The number of fused-ring (bicyclic) bond motifs is 1. The van der Waals surface area contributed by atoms with Crippen LogP contribution in [0.25, 0.3) is 11.0 Å². The van der Waals surface area contributed by atoms with Gasteiger partial charge in [-0.25, -0.2) is 4.98 Å². The largest absolute Gasteiger partial charge is 0.504 e. The highest BCUT2D eigenvalue weighted by molar-refractivity contribution is 6.07. The number of benzene rings is 1. The summed E-state index contributed by atoms with van der Waals surface area (Å²) in [5.41, 5.74) is 3.53. The molecule has 2 aromatic heterocycles. The van der Waals surface area contributed by atoms with E-state index in [4.69, 9.17) is 4.42 Å². The maximum atomic E-state index is 12.4. The minimum atomic E-state index is -0.429. The molecule has 1 aromatic carbocycles. The molecule has 0 saturated heterocycles. The monoisotopic (exact) mass is 296 g/mol. The Hall–Kier alpha value is -2.82. The van der Waals surface area contributed by atoms with Crippen LogP contribution in [0.1, 0.15) is 27.2 Å². The van der Waals surface area contributed by atoms with Crippen LogP contribution in [0.2, 0.25) is 0 Å². The highest BCUT2D eigenvalue weighted by Gasteiger charge is 2.21. The number of carbonyl (C=O) groups is 1. The van der Waals surface area contributed by atoms with Gasteiger partial charge in [-0.3, -0.25) is 4.79 Å². The van der Waals surface area contributed by atoms with E-state index in [-0.39, 0.29) is 17.3 Å². The topological polar surface area (TPSA) is 75.4 Å². The van der Waals surface area contributed by atoms with Crippen molar-refractivity contribution >= 4 is 22.7 Å². The lowest BCUT2D eigenvalue weighted by molar-refractivity contribution is 0.0997. The predicted octanol–water partition coefficient (Wildman–Crippen LogP) is 3.71. The van der Waals surface area contributed by atoms with Crippen molar-refractivity contribution in [1.82, 2.24) is 4.98 Å². The summed E-state index contributed by atoms with van der Waals surface area (Å²) < 4.78 is 5.76. The van der Waals surface area contributed by atoms with Gasteiger partial charge in [0.05, 0.1) is 0 Å². The maximum Gasteiger partial charge on any atom is 0.292 e. The highest BCUT2D eigenvalue weighted by atomic mass is 16.3. The average Bonchev–Trinajstić information content (AvgIpc) is 2.84. The Morgan fingerprint density at radius 3 is 2.59 bits per heavy atom. The molecule has 5 heteroatoms. The Labute approximate surface area is 127 Å². The molecule has 1 amide bonds. The van der Waals surface area contributed by atoms with E-state index >= 15 is 0 Å². The van der Waals surface area contributed by atoms with Crippen molar-refractivity contribution in [1.29, 1.82) is 0 Å². The number of rotatable bonds is 2. The molecular formula is C17H16N2O3. The molecule has 0 radical (unpaired) electrons. The van der Waals surface area contributed by atoms with E-state index in [1.807, 2.05) is 32.9 Å². The molecule has 3 rings (SSSR count). The van der Waals surface area contributed by atoms with Crippen LogP contribution >= 0.6 is 0 Å². The van der Waals surface area contributed by atoms with Crippen LogP contribution < -0.4 is 5.32 Å². The lowest BCUT2D eigenvalue weighted by Crippen LogP contribution is -2.13. The van der Waals surface area contributed by atoms with Crippen LogP contribution in [0.5, 0.6) is 5.75 Å². The SMILES string of the molecule is Cc1ccc(C)c2c(C)c(C(=O)Nc3ncccc3O)oc12. The van der Waals surface area contributed by atoms with Crippen molar-refractivity contribution in [2.45, 2.75) is 20.8 Å². The number of carbonyl (C=O) groups excluding carboxylic acids is 1. The maximum absolute atomic E-state index is 12.4. The van der Waals surface area contributed by atoms with Gasteiger partial charge in [-0.2, -0.15) is 0 Å². The van der Waals surface area contributed by atoms with Gasteiger partial charge < -0.3 is 14.8 Å². The molecule has 0 spiro atoms. The average molecular weight is 296 g/mol. The number of hydrogen-bond acceptors (Lipinski definition) is 4. The van der Waals surface area contributed by atoms with E-state index in [0.29, 0.717) is 5.58 Å². The number of amides is 1. The summed E-state index contributed by atoms with van der Waals surface area (Å²) >= 11 is 0. The molecule has 22 heavy (non-hydrogen) atoms. The lowest BCUT2D eigenvalue weighted by Gasteiger charge is -2.04. The molecule has 5 nitrogen and oxygen atoms in total. The summed E-state index contributed by atoms with van der Waals surface area (Å²) in [6, 6.07) is 7.02. The summed E-state index contributed by atoms with van der Waals surface area (Å²) in [6.45, 7) is 5.78. The minimum Gasteiger partial charge on any atom is -0.504 e. The van der Waals surface area contributed by atoms with Gasteiger partial charge in [0, 0.05) is 17.1 Å². The van der Waals surface area contributed by atoms with E-state index in [9.17, 15) is 9.90 Å². The molecule has 0 unspecified atom stereocenters. The van der Waals surface area contributed by atoms with E-state index in [1.165, 1.54) is 12.3 Å². The van der Waals surface area contributed by atoms with Gasteiger partial charge in [0.15, 0.2) is 17.3 Å². The minimum absolute atomic E-state index is 0.0861. The van der Waals surface area contributed by atoms with Crippen LogP contribution in [0, 0.1) is 20.8 Å². The van der Waals surface area contributed by atoms with Crippen LogP contribution in [0.15, 0.2) is 34.9 Å². The van der Waals surface area contributed by atoms with Crippen LogP contribution in [-0.2, 0) is 0 Å². The molecule has 0 aliphatic heterocycles. The zero-order valence-electron chi connectivity index (χ0n) is 12.6. The van der Waals surface area contributed by atoms with E-state index in [1.54, 1.807) is 6.07 Å². The zero-order chi connectivity index (χ0) is 15.9. The number of hydrogen-bond donors (Lipinski definition) is 2. The van der Waals surface area contributed by atoms with Crippen molar-refractivity contribution in [3.8, 4) is 5.75 Å². The first-order valence-corrected chi connectivity index (χ1v) is 6.93. The standard InChI is InChI=1S/C17H16N2O3/c1-9-6-7-10(2)14-13(9)11(3)15(22-14)17(21)19-16-12(20)5-4-8-18-16/h4-8,20H,1-3H3,(H,18,19,21). The van der Waals surface area contributed by atoms with Gasteiger partial charge >= 0.3 is 0 Å². The first kappa shape index (κ1) is 14.1. The zero-order valence-corrected chi connectivity index (χ0v) is 12.6. The summed E-state index contributed by atoms with van der Waals surface area (Å²) in [5, 5.41) is 13.2. The van der Waals surface area contributed by atoms with Crippen LogP contribution in [0.4, 0.5) is 5.82 Å². The number of aryl methyl sites for hydroxylation is 3. The third-order valence-corrected chi connectivity index (χ3v) is 3.71. The summed E-state index contributed by atoms with van der Waals surface area (Å²) in [7, 11) is 0. The number of aromatic nitrogens is 1. The lowest BCUT2D eigenvalue weighted by atomic mass is 10.0. The second-order valence-corrected chi connectivity index (χ2v) is 5.28. The molecule has 2 heterocycles. The van der Waals surface area contributed by atoms with Gasteiger partial charge in [0.1, 0.15) is 5.58 Å². The van der Waals surface area contributed by atoms with Crippen molar-refractivity contribution in [3.05, 3.63) is 52.9 Å². The molecule has 0 saturated carbocycles. The first-order chi connectivity index (χ1) is 10.5. The number of pyridine rings is 1. The molecule has 0 atom stereocenters. The van der Waals surface area contributed by atoms with Gasteiger partial charge in [0.2, 0.25) is 0 Å². The van der Waals surface area contributed by atoms with E-state index in [2.05, 4.69) is 10.3 Å².